The summed E-state index contributed by atoms with van der Waals surface area (Å²) in [5.74, 6) is -0.0718. The molecule has 1 aliphatic heterocycles. The van der Waals surface area contributed by atoms with E-state index in [2.05, 4.69) is 24.4 Å². The number of piperidine rings is 1. The van der Waals surface area contributed by atoms with Gasteiger partial charge in [-0.15, -0.1) is 0 Å². The lowest BCUT2D eigenvalue weighted by Crippen LogP contribution is -2.49. The minimum absolute atomic E-state index is 0.0150. The summed E-state index contributed by atoms with van der Waals surface area (Å²) in [6.07, 6.45) is 3.60. The average molecular weight is 452 g/mol. The van der Waals surface area contributed by atoms with Crippen LogP contribution >= 0.6 is 0 Å². The molecule has 5 heteroatoms. The first kappa shape index (κ1) is 22.0. The highest BCUT2D eigenvalue weighted by molar-refractivity contribution is 6.07. The van der Waals surface area contributed by atoms with E-state index >= 15 is 0 Å². The summed E-state index contributed by atoms with van der Waals surface area (Å²) >= 11 is 0. The van der Waals surface area contributed by atoms with Gasteiger partial charge >= 0.3 is 0 Å². The zero-order chi connectivity index (χ0) is 23.7. The van der Waals surface area contributed by atoms with Gasteiger partial charge in [-0.2, -0.15) is 0 Å². The third kappa shape index (κ3) is 4.21. The number of rotatable bonds is 4. The third-order valence-electron chi connectivity index (χ3n) is 6.67. The van der Waals surface area contributed by atoms with Crippen LogP contribution in [0.2, 0.25) is 0 Å². The second-order valence-electron chi connectivity index (χ2n) is 9.15. The number of hydrogen-bond donors (Lipinski definition) is 1. The quantitative estimate of drug-likeness (QED) is 0.464. The van der Waals surface area contributed by atoms with Crippen LogP contribution in [0.1, 0.15) is 39.1 Å². The number of hydrogen-bond acceptors (Lipinski definition) is 2. The van der Waals surface area contributed by atoms with Crippen LogP contribution in [0.3, 0.4) is 0 Å². The average Bonchev–Trinajstić information content (AvgIpc) is 3.20. The molecule has 0 saturated carbocycles. The summed E-state index contributed by atoms with van der Waals surface area (Å²) in [7, 11) is 1.95. The molecule has 1 saturated heterocycles. The standard InChI is InChI=1S/C29H29N3O2/c1-20-9-7-10-21(17-20)23-12-3-4-14-25(23)29(34)32-16-8-11-22(18-32)30-28(33)26-19-31(2)27-15-6-5-13-24(26)27/h3-7,9-10,12-15,17,19,22H,8,11,16,18H2,1-2H3,(H,30,33). The van der Waals surface area contributed by atoms with Gasteiger partial charge in [0.1, 0.15) is 0 Å². The van der Waals surface area contributed by atoms with Crippen LogP contribution in [0.25, 0.3) is 22.0 Å². The summed E-state index contributed by atoms with van der Waals surface area (Å²) < 4.78 is 1.98. The Balaban J connectivity index is 1.34. The number of aromatic nitrogens is 1. The van der Waals surface area contributed by atoms with Crippen molar-refractivity contribution in [1.82, 2.24) is 14.8 Å². The lowest BCUT2D eigenvalue weighted by molar-refractivity contribution is 0.0677. The monoisotopic (exact) mass is 451 g/mol. The molecular weight excluding hydrogens is 422 g/mol. The van der Waals surface area contributed by atoms with Gasteiger partial charge in [-0.05, 0) is 43.0 Å². The second-order valence-corrected chi connectivity index (χ2v) is 9.15. The lowest BCUT2D eigenvalue weighted by Gasteiger charge is -2.33. The normalized spacial score (nSPS) is 15.9. The highest BCUT2D eigenvalue weighted by Gasteiger charge is 2.27. The van der Waals surface area contributed by atoms with Crippen LogP contribution in [0.4, 0.5) is 0 Å². The van der Waals surface area contributed by atoms with Crippen molar-refractivity contribution < 1.29 is 9.59 Å². The summed E-state index contributed by atoms with van der Waals surface area (Å²) in [6.45, 7) is 3.26. The summed E-state index contributed by atoms with van der Waals surface area (Å²) in [5, 5.41) is 4.13. The Morgan fingerprint density at radius 2 is 1.74 bits per heavy atom. The van der Waals surface area contributed by atoms with E-state index in [9.17, 15) is 9.59 Å². The molecule has 5 rings (SSSR count). The van der Waals surface area contributed by atoms with E-state index in [1.807, 2.05) is 83.4 Å². The summed E-state index contributed by atoms with van der Waals surface area (Å²) in [6, 6.07) is 23.9. The van der Waals surface area contributed by atoms with E-state index < -0.39 is 0 Å². The predicted octanol–water partition coefficient (Wildman–Crippen LogP) is 5.19. The zero-order valence-electron chi connectivity index (χ0n) is 19.6. The Hall–Kier alpha value is -3.86. The Kier molecular flexibility index (Phi) is 5.93. The molecule has 4 aromatic rings. The highest BCUT2D eigenvalue weighted by atomic mass is 16.2. The topological polar surface area (TPSA) is 54.3 Å². The molecule has 1 aliphatic rings. The maximum Gasteiger partial charge on any atom is 0.254 e. The van der Waals surface area contributed by atoms with E-state index in [4.69, 9.17) is 0 Å². The number of benzene rings is 3. The third-order valence-corrected chi connectivity index (χ3v) is 6.67. The molecular formula is C29H29N3O2. The van der Waals surface area contributed by atoms with Crippen LogP contribution in [0.5, 0.6) is 0 Å². The molecule has 34 heavy (non-hydrogen) atoms. The molecule has 172 valence electrons. The van der Waals surface area contributed by atoms with Crippen molar-refractivity contribution in [3.05, 3.63) is 95.7 Å². The molecule has 0 aliphatic carbocycles. The van der Waals surface area contributed by atoms with Crippen LogP contribution in [0, 0.1) is 6.92 Å². The van der Waals surface area contributed by atoms with E-state index in [1.54, 1.807) is 0 Å². The Labute approximate surface area is 200 Å². The van der Waals surface area contributed by atoms with Crippen LogP contribution in [-0.2, 0) is 7.05 Å². The van der Waals surface area contributed by atoms with Gasteiger partial charge in [-0.1, -0.05) is 66.2 Å². The maximum absolute atomic E-state index is 13.6. The predicted molar refractivity (Wildman–Crippen MR) is 136 cm³/mol. The fourth-order valence-electron chi connectivity index (χ4n) is 4.97. The molecule has 0 spiro atoms. The molecule has 1 N–H and O–H groups in total. The molecule has 0 bridgehead atoms. The van der Waals surface area contributed by atoms with Crippen molar-refractivity contribution in [1.29, 1.82) is 0 Å². The molecule has 0 radical (unpaired) electrons. The van der Waals surface area contributed by atoms with Crippen molar-refractivity contribution >= 4 is 22.7 Å². The van der Waals surface area contributed by atoms with Crippen LogP contribution in [0.15, 0.2) is 79.0 Å². The largest absolute Gasteiger partial charge is 0.350 e. The van der Waals surface area contributed by atoms with E-state index in [0.717, 1.165) is 40.4 Å². The van der Waals surface area contributed by atoms with E-state index in [0.29, 0.717) is 24.2 Å². The van der Waals surface area contributed by atoms with Gasteiger partial charge in [0, 0.05) is 48.8 Å². The molecule has 5 nitrogen and oxygen atoms in total. The van der Waals surface area contributed by atoms with Gasteiger partial charge in [0.05, 0.1) is 5.56 Å². The van der Waals surface area contributed by atoms with Crippen LogP contribution in [-0.4, -0.2) is 40.4 Å². The number of para-hydroxylation sites is 1. The molecule has 1 unspecified atom stereocenters. The Morgan fingerprint density at radius 1 is 0.941 bits per heavy atom. The first-order valence-corrected chi connectivity index (χ1v) is 11.8. The SMILES string of the molecule is Cc1cccc(-c2ccccc2C(=O)N2CCCC(NC(=O)c3cn(C)c4ccccc34)C2)c1. The molecule has 1 aromatic heterocycles. The molecule has 1 fully saturated rings. The molecule has 3 aromatic carbocycles. The van der Waals surface area contributed by atoms with Crippen molar-refractivity contribution in [3.8, 4) is 11.1 Å². The van der Waals surface area contributed by atoms with Gasteiger partial charge in [-0.25, -0.2) is 0 Å². The zero-order valence-corrected chi connectivity index (χ0v) is 19.6. The van der Waals surface area contributed by atoms with Crippen molar-refractivity contribution in [2.24, 2.45) is 7.05 Å². The van der Waals surface area contributed by atoms with Crippen molar-refractivity contribution in [2.75, 3.05) is 13.1 Å². The van der Waals surface area contributed by atoms with E-state index in [1.165, 1.54) is 0 Å². The maximum atomic E-state index is 13.6. The first-order chi connectivity index (χ1) is 16.5. The first-order valence-electron chi connectivity index (χ1n) is 11.8. The van der Waals surface area contributed by atoms with Gasteiger partial charge < -0.3 is 14.8 Å². The second kappa shape index (κ2) is 9.18. The molecule has 2 heterocycles. The highest BCUT2D eigenvalue weighted by Crippen LogP contribution is 2.27. The van der Waals surface area contributed by atoms with Crippen LogP contribution < -0.4 is 5.32 Å². The lowest BCUT2D eigenvalue weighted by atomic mass is 9.96. The van der Waals surface area contributed by atoms with Gasteiger partial charge in [0.25, 0.3) is 11.8 Å². The summed E-state index contributed by atoms with van der Waals surface area (Å²) in [5.41, 5.74) is 5.55. The van der Waals surface area contributed by atoms with Crippen molar-refractivity contribution in [3.63, 3.8) is 0 Å². The number of amides is 2. The number of carbonyl (C=O) groups is 2. The minimum Gasteiger partial charge on any atom is -0.350 e. The van der Waals surface area contributed by atoms with E-state index in [-0.39, 0.29) is 17.9 Å². The fourth-order valence-corrected chi connectivity index (χ4v) is 4.97. The summed E-state index contributed by atoms with van der Waals surface area (Å²) in [4.78, 5) is 28.6. The number of nitrogens with one attached hydrogen (secondary N) is 1. The van der Waals surface area contributed by atoms with Gasteiger partial charge in [-0.3, -0.25) is 9.59 Å². The van der Waals surface area contributed by atoms with Crippen molar-refractivity contribution in [2.45, 2.75) is 25.8 Å². The number of aryl methyl sites for hydroxylation is 2. The number of fused-ring (bicyclic) bond motifs is 1. The fraction of sp³-hybridized carbons (Fsp3) is 0.241. The molecule has 1 atom stereocenters. The number of carbonyl (C=O) groups excluding carboxylic acids is 2. The van der Waals surface area contributed by atoms with Gasteiger partial charge in [0.15, 0.2) is 0 Å². The smallest absolute Gasteiger partial charge is 0.254 e. The minimum atomic E-state index is -0.0868. The molecule has 2 amide bonds. The Bertz CT molecular complexity index is 1370. The number of likely N-dealkylation sites (tertiary alicyclic amines) is 1. The Morgan fingerprint density at radius 3 is 2.59 bits per heavy atom. The number of nitrogens with zero attached hydrogens (tertiary/aromatic N) is 2. The van der Waals surface area contributed by atoms with Gasteiger partial charge in [0.2, 0.25) is 0 Å².